The van der Waals surface area contributed by atoms with E-state index in [0.29, 0.717) is 4.96 Å². The van der Waals surface area contributed by atoms with Gasteiger partial charge in [-0.15, -0.1) is 0 Å². The maximum atomic E-state index is 11.6. The average Bonchev–Trinajstić information content (AvgIpc) is 2.85. The molecule has 0 aliphatic rings. The van der Waals surface area contributed by atoms with E-state index < -0.39 is 5.97 Å². The molecule has 6 nitrogen and oxygen atoms in total. The van der Waals surface area contributed by atoms with Gasteiger partial charge in [-0.3, -0.25) is 0 Å². The fraction of sp³-hybridized carbons (Fsp3) is 0.400. The number of hydrogen-bond donors (Lipinski definition) is 0. The first-order valence-corrected chi connectivity index (χ1v) is 5.98. The number of hydrogen-bond acceptors (Lipinski definition) is 6. The lowest BCUT2D eigenvalue weighted by Gasteiger charge is -1.97. The van der Waals surface area contributed by atoms with Crippen molar-refractivity contribution in [2.75, 3.05) is 6.61 Å². The summed E-state index contributed by atoms with van der Waals surface area (Å²) in [5.74, 6) is -0.584. The van der Waals surface area contributed by atoms with E-state index in [1.165, 1.54) is 15.9 Å². The van der Waals surface area contributed by atoms with Gasteiger partial charge in [-0.05, 0) is 13.3 Å². The second-order valence-corrected chi connectivity index (χ2v) is 4.23. The molecule has 7 heteroatoms. The van der Waals surface area contributed by atoms with Gasteiger partial charge in [-0.1, -0.05) is 18.3 Å². The lowest BCUT2D eigenvalue weighted by atomic mass is 10.3. The van der Waals surface area contributed by atoms with Gasteiger partial charge in [-0.25, -0.2) is 9.78 Å². The molecular formula is C10H10N4O2S. The molecular weight excluding hydrogens is 240 g/mol. The van der Waals surface area contributed by atoms with Crippen molar-refractivity contribution in [1.29, 1.82) is 5.26 Å². The van der Waals surface area contributed by atoms with E-state index in [9.17, 15) is 4.79 Å². The van der Waals surface area contributed by atoms with Crippen molar-refractivity contribution in [2.24, 2.45) is 0 Å². The molecule has 17 heavy (non-hydrogen) atoms. The molecule has 0 aliphatic carbocycles. The van der Waals surface area contributed by atoms with Gasteiger partial charge in [0.15, 0.2) is 11.4 Å². The zero-order valence-electron chi connectivity index (χ0n) is 9.43. The number of aromatic nitrogens is 3. The van der Waals surface area contributed by atoms with Crippen molar-refractivity contribution >= 4 is 22.3 Å². The van der Waals surface area contributed by atoms with Gasteiger partial charge in [-0.2, -0.15) is 14.9 Å². The first kappa shape index (κ1) is 11.5. The topological polar surface area (TPSA) is 80.3 Å². The zero-order chi connectivity index (χ0) is 12.4. The maximum absolute atomic E-state index is 11.6. The first-order valence-electron chi connectivity index (χ1n) is 5.16. The Morgan fingerprint density at radius 3 is 2.94 bits per heavy atom. The van der Waals surface area contributed by atoms with Crippen LogP contribution in [0.15, 0.2) is 0 Å². The predicted molar refractivity (Wildman–Crippen MR) is 60.9 cm³/mol. The molecule has 0 aliphatic heterocycles. The molecule has 0 saturated carbocycles. The third-order valence-corrected chi connectivity index (χ3v) is 3.18. The highest BCUT2D eigenvalue weighted by Crippen LogP contribution is 2.19. The van der Waals surface area contributed by atoms with Crippen LogP contribution in [-0.4, -0.2) is 27.2 Å². The fourth-order valence-electron chi connectivity index (χ4n) is 1.37. The van der Waals surface area contributed by atoms with Crippen molar-refractivity contribution in [3.63, 3.8) is 0 Å². The third-order valence-electron chi connectivity index (χ3n) is 2.12. The van der Waals surface area contributed by atoms with Gasteiger partial charge in [0.25, 0.3) is 0 Å². The van der Waals surface area contributed by atoms with E-state index in [1.807, 2.05) is 13.0 Å². The van der Waals surface area contributed by atoms with E-state index in [0.717, 1.165) is 11.4 Å². The van der Waals surface area contributed by atoms with Gasteiger partial charge in [0.1, 0.15) is 11.1 Å². The molecule has 0 aromatic carbocycles. The average molecular weight is 250 g/mol. The predicted octanol–water partition coefficient (Wildman–Crippen LogP) is 1.40. The Balaban J connectivity index is 2.55. The van der Waals surface area contributed by atoms with Gasteiger partial charge in [0, 0.05) is 0 Å². The van der Waals surface area contributed by atoms with Gasteiger partial charge in [0.2, 0.25) is 4.96 Å². The molecule has 88 valence electrons. The number of fused-ring (bicyclic) bond motifs is 1. The van der Waals surface area contributed by atoms with Crippen LogP contribution in [0.3, 0.4) is 0 Å². The van der Waals surface area contributed by atoms with Crippen LogP contribution in [0.5, 0.6) is 0 Å². The first-order chi connectivity index (χ1) is 8.21. The summed E-state index contributed by atoms with van der Waals surface area (Å²) in [7, 11) is 0. The van der Waals surface area contributed by atoms with Crippen molar-refractivity contribution in [3.05, 3.63) is 16.4 Å². The van der Waals surface area contributed by atoms with Crippen molar-refractivity contribution in [1.82, 2.24) is 14.6 Å². The molecule has 0 atom stereocenters. The summed E-state index contributed by atoms with van der Waals surface area (Å²) in [6.45, 7) is 3.93. The Hall–Kier alpha value is -1.94. The highest BCUT2D eigenvalue weighted by molar-refractivity contribution is 7.16. The van der Waals surface area contributed by atoms with E-state index in [1.54, 1.807) is 6.92 Å². The van der Waals surface area contributed by atoms with E-state index >= 15 is 0 Å². The summed E-state index contributed by atoms with van der Waals surface area (Å²) in [6, 6.07) is 1.94. The Kier molecular flexibility index (Phi) is 3.06. The Labute approximate surface area is 101 Å². The van der Waals surface area contributed by atoms with Crippen LogP contribution in [0.2, 0.25) is 0 Å². The van der Waals surface area contributed by atoms with Crippen LogP contribution in [0, 0.1) is 11.3 Å². The molecule has 0 saturated heterocycles. The molecule has 0 bridgehead atoms. The monoisotopic (exact) mass is 250 g/mol. The Morgan fingerprint density at radius 1 is 1.59 bits per heavy atom. The number of carbonyl (C=O) groups excluding carboxylic acids is 1. The van der Waals surface area contributed by atoms with E-state index in [-0.39, 0.29) is 18.0 Å². The number of nitrogens with zero attached hydrogens (tertiary/aromatic N) is 4. The molecule has 0 N–H and O–H groups in total. The minimum absolute atomic E-state index is 0.0377. The SMILES string of the molecule is CCOC(=O)c1nc2sc(CC)nn2c1C#N. The summed E-state index contributed by atoms with van der Waals surface area (Å²) < 4.78 is 6.24. The van der Waals surface area contributed by atoms with Crippen LogP contribution in [0.25, 0.3) is 4.96 Å². The number of rotatable bonds is 3. The zero-order valence-corrected chi connectivity index (χ0v) is 10.2. The summed E-state index contributed by atoms with van der Waals surface area (Å²) in [5.41, 5.74) is 0.171. The van der Waals surface area contributed by atoms with Crippen LogP contribution < -0.4 is 0 Å². The van der Waals surface area contributed by atoms with Crippen molar-refractivity contribution < 1.29 is 9.53 Å². The number of ether oxygens (including phenoxy) is 1. The molecule has 2 rings (SSSR count). The molecule has 2 heterocycles. The standard InChI is InChI=1S/C10H10N4O2S/c1-3-7-13-14-6(5-11)8(9(15)16-4-2)12-10(14)17-7/h3-4H2,1-2H3. The smallest absolute Gasteiger partial charge is 0.360 e. The summed E-state index contributed by atoms with van der Waals surface area (Å²) >= 11 is 1.36. The number of nitriles is 1. The number of esters is 1. The molecule has 0 spiro atoms. The third kappa shape index (κ3) is 1.87. The molecule has 0 radical (unpaired) electrons. The van der Waals surface area contributed by atoms with Gasteiger partial charge >= 0.3 is 5.97 Å². The highest BCUT2D eigenvalue weighted by Gasteiger charge is 2.22. The molecule has 2 aromatic heterocycles. The van der Waals surface area contributed by atoms with Crippen LogP contribution >= 0.6 is 11.3 Å². The molecule has 0 fully saturated rings. The second-order valence-electron chi connectivity index (χ2n) is 3.19. The highest BCUT2D eigenvalue weighted by atomic mass is 32.1. The number of carbonyl (C=O) groups is 1. The number of imidazole rings is 1. The minimum Gasteiger partial charge on any atom is -0.461 e. The normalized spacial score (nSPS) is 10.4. The van der Waals surface area contributed by atoms with Crippen LogP contribution in [0.4, 0.5) is 0 Å². The minimum atomic E-state index is -0.584. The Bertz CT molecular complexity index is 608. The lowest BCUT2D eigenvalue weighted by Crippen LogP contribution is -2.07. The van der Waals surface area contributed by atoms with Crippen molar-refractivity contribution in [2.45, 2.75) is 20.3 Å². The van der Waals surface area contributed by atoms with Crippen LogP contribution in [-0.2, 0) is 11.2 Å². The number of aryl methyl sites for hydroxylation is 1. The maximum Gasteiger partial charge on any atom is 0.360 e. The lowest BCUT2D eigenvalue weighted by molar-refractivity contribution is 0.0520. The second kappa shape index (κ2) is 4.51. The van der Waals surface area contributed by atoms with Gasteiger partial charge < -0.3 is 4.74 Å². The van der Waals surface area contributed by atoms with Gasteiger partial charge in [0.05, 0.1) is 6.61 Å². The van der Waals surface area contributed by atoms with Crippen molar-refractivity contribution in [3.8, 4) is 6.07 Å². The van der Waals surface area contributed by atoms with Crippen LogP contribution in [0.1, 0.15) is 35.0 Å². The largest absolute Gasteiger partial charge is 0.461 e. The Morgan fingerprint density at radius 2 is 2.35 bits per heavy atom. The summed E-state index contributed by atoms with van der Waals surface area (Å²) in [4.78, 5) is 16.2. The van der Waals surface area contributed by atoms with E-state index in [4.69, 9.17) is 10.00 Å². The quantitative estimate of drug-likeness (QED) is 0.769. The fourth-order valence-corrected chi connectivity index (χ4v) is 2.21. The summed E-state index contributed by atoms with van der Waals surface area (Å²) in [6.07, 6.45) is 0.771. The molecule has 2 aromatic rings. The summed E-state index contributed by atoms with van der Waals surface area (Å²) in [5, 5.41) is 14.1. The molecule has 0 unspecified atom stereocenters. The molecule has 0 amide bonds. The van der Waals surface area contributed by atoms with E-state index in [2.05, 4.69) is 10.1 Å².